The van der Waals surface area contributed by atoms with Crippen molar-refractivity contribution in [2.24, 2.45) is 5.10 Å². The van der Waals surface area contributed by atoms with E-state index in [1.54, 1.807) is 31.5 Å². The first-order valence-corrected chi connectivity index (χ1v) is 12.2. The predicted octanol–water partition coefficient (Wildman–Crippen LogP) is 6.43. The van der Waals surface area contributed by atoms with Crippen LogP contribution in [0.25, 0.3) is 0 Å². The molecule has 9 heteroatoms. The Hall–Kier alpha value is -1.94. The lowest BCUT2D eigenvalue weighted by Gasteiger charge is -2.14. The number of methoxy groups -OCH3 is 1. The lowest BCUT2D eigenvalue weighted by Crippen LogP contribution is -2.19. The molecule has 0 saturated carbocycles. The molecule has 3 rings (SSSR count). The van der Waals surface area contributed by atoms with Crippen molar-refractivity contribution in [1.82, 2.24) is 5.43 Å². The number of carbonyl (C=O) groups is 1. The van der Waals surface area contributed by atoms with Crippen LogP contribution in [0.5, 0.6) is 11.5 Å². The van der Waals surface area contributed by atoms with Crippen molar-refractivity contribution in [3.8, 4) is 11.5 Å². The van der Waals surface area contributed by atoms with Gasteiger partial charge in [0, 0.05) is 20.5 Å². The van der Waals surface area contributed by atoms with Crippen molar-refractivity contribution in [2.75, 3.05) is 12.9 Å². The standard InChI is InChI=1S/C23H19Cl2IN2O3S/c1-30-21-11-15(10-20(26)23(21)31-13-16-4-2-3-5-19(16)25)12-27-28-22(29)14-32-18-8-6-17(24)7-9-18/h2-12H,13-14H2,1H3,(H,28,29)/b27-12-. The molecule has 5 nitrogen and oxygen atoms in total. The minimum absolute atomic E-state index is 0.206. The molecule has 0 spiro atoms. The van der Waals surface area contributed by atoms with Crippen LogP contribution < -0.4 is 14.9 Å². The van der Waals surface area contributed by atoms with Gasteiger partial charge in [-0.05, 0) is 70.6 Å². The highest BCUT2D eigenvalue weighted by Gasteiger charge is 2.12. The maximum absolute atomic E-state index is 12.0. The lowest BCUT2D eigenvalue weighted by molar-refractivity contribution is -0.118. The fourth-order valence-electron chi connectivity index (χ4n) is 2.61. The summed E-state index contributed by atoms with van der Waals surface area (Å²) in [5.74, 6) is 1.22. The van der Waals surface area contributed by atoms with Crippen molar-refractivity contribution in [3.05, 3.63) is 85.4 Å². The van der Waals surface area contributed by atoms with Gasteiger partial charge in [-0.25, -0.2) is 5.43 Å². The molecule has 3 aromatic rings. The molecular weight excluding hydrogens is 582 g/mol. The zero-order valence-corrected chi connectivity index (χ0v) is 21.5. The van der Waals surface area contributed by atoms with Crippen molar-refractivity contribution < 1.29 is 14.3 Å². The second kappa shape index (κ2) is 12.3. The highest BCUT2D eigenvalue weighted by Crippen LogP contribution is 2.34. The number of rotatable bonds is 9. The third-order valence-electron chi connectivity index (χ3n) is 4.17. The zero-order chi connectivity index (χ0) is 22.9. The molecule has 0 atom stereocenters. The SMILES string of the molecule is COc1cc(/C=N\NC(=O)CSc2ccc(Cl)cc2)cc(I)c1OCc1ccccc1Cl. The number of hydrazone groups is 1. The van der Waals surface area contributed by atoms with Crippen LogP contribution in [0.4, 0.5) is 0 Å². The van der Waals surface area contributed by atoms with Crippen LogP contribution in [-0.4, -0.2) is 25.0 Å². The number of halogens is 3. The molecule has 0 fully saturated rings. The largest absolute Gasteiger partial charge is 0.493 e. The predicted molar refractivity (Wildman–Crippen MR) is 139 cm³/mol. The van der Waals surface area contributed by atoms with Crippen molar-refractivity contribution in [3.63, 3.8) is 0 Å². The third-order valence-corrected chi connectivity index (χ3v) is 6.60. The molecule has 3 aromatic carbocycles. The van der Waals surface area contributed by atoms with E-state index in [0.29, 0.717) is 28.2 Å². The Morgan fingerprint density at radius 3 is 2.62 bits per heavy atom. The van der Waals surface area contributed by atoms with Gasteiger partial charge in [0.1, 0.15) is 6.61 Å². The quantitative estimate of drug-likeness (QED) is 0.133. The molecule has 32 heavy (non-hydrogen) atoms. The maximum atomic E-state index is 12.0. The van der Waals surface area contributed by atoms with Gasteiger partial charge in [0.25, 0.3) is 0 Å². The van der Waals surface area contributed by atoms with Crippen molar-refractivity contribution in [1.29, 1.82) is 0 Å². The van der Waals surface area contributed by atoms with E-state index in [9.17, 15) is 4.79 Å². The van der Waals surface area contributed by atoms with Gasteiger partial charge in [-0.2, -0.15) is 5.10 Å². The van der Waals surface area contributed by atoms with E-state index < -0.39 is 0 Å². The summed E-state index contributed by atoms with van der Waals surface area (Å²) in [5.41, 5.74) is 4.18. The monoisotopic (exact) mass is 600 g/mol. The van der Waals surface area contributed by atoms with Gasteiger partial charge in [0.15, 0.2) is 11.5 Å². The molecular formula is C23H19Cl2IN2O3S. The zero-order valence-electron chi connectivity index (χ0n) is 17.0. The van der Waals surface area contributed by atoms with Crippen LogP contribution in [0.2, 0.25) is 10.0 Å². The van der Waals surface area contributed by atoms with Gasteiger partial charge >= 0.3 is 0 Å². The van der Waals surface area contributed by atoms with E-state index in [-0.39, 0.29) is 11.7 Å². The van der Waals surface area contributed by atoms with Gasteiger partial charge in [-0.1, -0.05) is 41.4 Å². The first-order valence-electron chi connectivity index (χ1n) is 9.40. The van der Waals surface area contributed by atoms with E-state index >= 15 is 0 Å². The Labute approximate surface area is 214 Å². The van der Waals surface area contributed by atoms with E-state index in [2.05, 4.69) is 33.1 Å². The minimum atomic E-state index is -0.206. The number of ether oxygens (including phenoxy) is 2. The first-order chi connectivity index (χ1) is 15.5. The molecule has 0 saturated heterocycles. The molecule has 0 aliphatic heterocycles. The molecule has 0 unspecified atom stereocenters. The Kier molecular flexibility index (Phi) is 9.52. The lowest BCUT2D eigenvalue weighted by atomic mass is 10.2. The number of nitrogens with zero attached hydrogens (tertiary/aromatic N) is 1. The maximum Gasteiger partial charge on any atom is 0.250 e. The van der Waals surface area contributed by atoms with Crippen LogP contribution >= 0.6 is 57.6 Å². The topological polar surface area (TPSA) is 59.9 Å². The molecule has 1 amide bonds. The van der Waals surface area contributed by atoms with Gasteiger partial charge in [-0.3, -0.25) is 4.79 Å². The third kappa shape index (κ3) is 7.30. The van der Waals surface area contributed by atoms with Gasteiger partial charge in [-0.15, -0.1) is 11.8 Å². The second-order valence-electron chi connectivity index (χ2n) is 6.45. The number of amides is 1. The van der Waals surface area contributed by atoms with Crippen molar-refractivity contribution >= 4 is 69.7 Å². The number of benzene rings is 3. The number of hydrogen-bond donors (Lipinski definition) is 1. The summed E-state index contributed by atoms with van der Waals surface area (Å²) in [5, 5.41) is 5.35. The summed E-state index contributed by atoms with van der Waals surface area (Å²) in [7, 11) is 1.57. The molecule has 0 radical (unpaired) electrons. The van der Waals surface area contributed by atoms with Gasteiger partial charge in [0.05, 0.1) is 22.6 Å². The summed E-state index contributed by atoms with van der Waals surface area (Å²) in [4.78, 5) is 13.0. The second-order valence-corrected chi connectivity index (χ2v) is 9.50. The van der Waals surface area contributed by atoms with Crippen LogP contribution in [0.1, 0.15) is 11.1 Å². The normalized spacial score (nSPS) is 10.9. The van der Waals surface area contributed by atoms with Gasteiger partial charge < -0.3 is 9.47 Å². The molecule has 0 aliphatic carbocycles. The Morgan fingerprint density at radius 2 is 1.91 bits per heavy atom. The average molecular weight is 601 g/mol. The van der Waals surface area contributed by atoms with E-state index in [1.165, 1.54) is 11.8 Å². The minimum Gasteiger partial charge on any atom is -0.493 e. The fourth-order valence-corrected chi connectivity index (χ4v) is 4.40. The summed E-state index contributed by atoms with van der Waals surface area (Å²) in [6.45, 7) is 0.320. The Balaban J connectivity index is 1.58. The van der Waals surface area contributed by atoms with Crippen molar-refractivity contribution in [2.45, 2.75) is 11.5 Å². The molecule has 0 aliphatic rings. The van der Waals surface area contributed by atoms with Gasteiger partial charge in [0.2, 0.25) is 5.91 Å². The number of nitrogens with one attached hydrogen (secondary N) is 1. The molecule has 1 N–H and O–H groups in total. The van der Waals surface area contributed by atoms with Crippen LogP contribution in [0.15, 0.2) is 70.7 Å². The van der Waals surface area contributed by atoms with E-state index in [1.807, 2.05) is 42.5 Å². The first kappa shape index (κ1) is 24.7. The highest BCUT2D eigenvalue weighted by molar-refractivity contribution is 14.1. The summed E-state index contributed by atoms with van der Waals surface area (Å²) >= 11 is 15.6. The van der Waals surface area contributed by atoms with E-state index in [0.717, 1.165) is 19.6 Å². The smallest absolute Gasteiger partial charge is 0.250 e. The summed E-state index contributed by atoms with van der Waals surface area (Å²) < 4.78 is 12.3. The van der Waals surface area contributed by atoms with Crippen LogP contribution in [0.3, 0.4) is 0 Å². The Bertz CT molecular complexity index is 1110. The average Bonchev–Trinajstić information content (AvgIpc) is 2.78. The highest BCUT2D eigenvalue weighted by atomic mass is 127. The summed E-state index contributed by atoms with van der Waals surface area (Å²) in [6, 6.07) is 18.5. The molecule has 166 valence electrons. The molecule has 0 heterocycles. The molecule has 0 aromatic heterocycles. The number of carbonyl (C=O) groups excluding carboxylic acids is 1. The number of hydrogen-bond acceptors (Lipinski definition) is 5. The molecule has 0 bridgehead atoms. The van der Waals surface area contributed by atoms with Crippen LogP contribution in [-0.2, 0) is 11.4 Å². The Morgan fingerprint density at radius 1 is 1.16 bits per heavy atom. The summed E-state index contributed by atoms with van der Waals surface area (Å²) in [6.07, 6.45) is 1.56. The van der Waals surface area contributed by atoms with E-state index in [4.69, 9.17) is 32.7 Å². The fraction of sp³-hybridized carbons (Fsp3) is 0.130. The number of thioether (sulfide) groups is 1. The van der Waals surface area contributed by atoms with Crippen LogP contribution in [0, 0.1) is 3.57 Å².